The highest BCUT2D eigenvalue weighted by molar-refractivity contribution is 5.73. The van der Waals surface area contributed by atoms with E-state index >= 15 is 0 Å². The van der Waals surface area contributed by atoms with Crippen LogP contribution in [0.5, 0.6) is 11.8 Å². The smallest absolute Gasteiger partial charge is 0.224 e. The molecule has 1 N–H and O–H groups in total. The Morgan fingerprint density at radius 1 is 1.22 bits per heavy atom. The molecular weight excluding hydrogens is 230 g/mol. The molecule has 0 aliphatic rings. The second-order valence-electron chi connectivity index (χ2n) is 3.93. The van der Waals surface area contributed by atoms with Crippen LogP contribution in [0.3, 0.4) is 0 Å². The minimum atomic E-state index is 0.537. The number of methoxy groups -OCH3 is 2. The summed E-state index contributed by atoms with van der Waals surface area (Å²) in [7, 11) is 3.19. The van der Waals surface area contributed by atoms with Crippen LogP contribution in [0.15, 0.2) is 12.1 Å². The molecule has 0 spiro atoms. The summed E-state index contributed by atoms with van der Waals surface area (Å²) in [6.07, 6.45) is 0.856. The van der Waals surface area contributed by atoms with Gasteiger partial charge in [0.2, 0.25) is 11.8 Å². The fraction of sp³-hybridized carbons (Fsp3) is 0.385. The molecule has 0 saturated carbocycles. The van der Waals surface area contributed by atoms with Gasteiger partial charge in [0, 0.05) is 22.9 Å². The normalized spacial score (nSPS) is 10.4. The molecule has 0 saturated heterocycles. The van der Waals surface area contributed by atoms with Crippen molar-refractivity contribution in [3.05, 3.63) is 23.5 Å². The van der Waals surface area contributed by atoms with Crippen LogP contribution in [0.2, 0.25) is 0 Å². The van der Waals surface area contributed by atoms with E-state index in [-0.39, 0.29) is 0 Å². The van der Waals surface area contributed by atoms with E-state index in [9.17, 15) is 0 Å². The van der Waals surface area contributed by atoms with Gasteiger partial charge in [-0.1, -0.05) is 6.92 Å². The Bertz CT molecular complexity index is 549. The van der Waals surface area contributed by atoms with Gasteiger partial charge in [0.25, 0.3) is 0 Å². The molecule has 2 aromatic heterocycles. The summed E-state index contributed by atoms with van der Waals surface area (Å²) in [5.41, 5.74) is 4.01. The predicted molar refractivity (Wildman–Crippen MR) is 69.0 cm³/mol. The minimum absolute atomic E-state index is 0.537. The van der Waals surface area contributed by atoms with Crippen molar-refractivity contribution in [1.82, 2.24) is 15.2 Å². The number of rotatable bonds is 4. The molecule has 18 heavy (non-hydrogen) atoms. The Kier molecular flexibility index (Phi) is 3.50. The van der Waals surface area contributed by atoms with Crippen LogP contribution < -0.4 is 9.47 Å². The number of nitrogens with zero attached hydrogens (tertiary/aromatic N) is 2. The van der Waals surface area contributed by atoms with Gasteiger partial charge in [-0.2, -0.15) is 10.1 Å². The molecule has 0 bridgehead atoms. The van der Waals surface area contributed by atoms with Crippen LogP contribution in [0, 0.1) is 6.92 Å². The lowest BCUT2D eigenvalue weighted by Gasteiger charge is -2.09. The first-order valence-corrected chi connectivity index (χ1v) is 5.84. The Hall–Kier alpha value is -2.04. The quantitative estimate of drug-likeness (QED) is 0.901. The van der Waals surface area contributed by atoms with Crippen molar-refractivity contribution in [2.24, 2.45) is 0 Å². The maximum absolute atomic E-state index is 5.33. The number of aromatic nitrogens is 3. The van der Waals surface area contributed by atoms with Crippen LogP contribution in [0.1, 0.15) is 18.3 Å². The third-order valence-electron chi connectivity index (χ3n) is 2.86. The van der Waals surface area contributed by atoms with Crippen LogP contribution in [-0.2, 0) is 6.42 Å². The molecule has 2 aromatic rings. The fourth-order valence-corrected chi connectivity index (χ4v) is 1.98. The Morgan fingerprint density at radius 2 is 2.00 bits per heavy atom. The van der Waals surface area contributed by atoms with Gasteiger partial charge in [-0.05, 0) is 19.4 Å². The molecule has 2 heterocycles. The first-order chi connectivity index (χ1) is 8.71. The van der Waals surface area contributed by atoms with Gasteiger partial charge < -0.3 is 9.47 Å². The Balaban J connectivity index is 2.59. The standard InChI is InChI=1S/C13H17N3O2/c1-5-10-12(8(2)15-16-10)9-6-7-11(17-3)14-13(9)18-4/h6-7H,5H2,1-4H3,(H,15,16). The average Bonchev–Trinajstić information content (AvgIpc) is 2.78. The summed E-state index contributed by atoms with van der Waals surface area (Å²) in [6, 6.07) is 3.77. The van der Waals surface area contributed by atoms with Crippen molar-refractivity contribution >= 4 is 0 Å². The van der Waals surface area contributed by atoms with Crippen molar-refractivity contribution < 1.29 is 9.47 Å². The van der Waals surface area contributed by atoms with E-state index in [0.717, 1.165) is 28.9 Å². The summed E-state index contributed by atoms with van der Waals surface area (Å²) in [6.45, 7) is 4.06. The zero-order chi connectivity index (χ0) is 13.1. The molecule has 0 aliphatic heterocycles. The fourth-order valence-electron chi connectivity index (χ4n) is 1.98. The van der Waals surface area contributed by atoms with Gasteiger partial charge in [0.15, 0.2) is 0 Å². The number of H-pyrrole nitrogens is 1. The lowest BCUT2D eigenvalue weighted by Crippen LogP contribution is -1.96. The van der Waals surface area contributed by atoms with Crippen molar-refractivity contribution in [1.29, 1.82) is 0 Å². The Labute approximate surface area is 106 Å². The van der Waals surface area contributed by atoms with E-state index in [1.165, 1.54) is 0 Å². The largest absolute Gasteiger partial charge is 0.481 e. The van der Waals surface area contributed by atoms with E-state index in [1.54, 1.807) is 14.2 Å². The number of pyridine rings is 1. The molecule has 0 aromatic carbocycles. The second kappa shape index (κ2) is 5.08. The second-order valence-corrected chi connectivity index (χ2v) is 3.93. The number of hydrogen-bond donors (Lipinski definition) is 1. The third-order valence-corrected chi connectivity index (χ3v) is 2.86. The van der Waals surface area contributed by atoms with Crippen molar-refractivity contribution in [3.8, 4) is 22.9 Å². The van der Waals surface area contributed by atoms with E-state index in [2.05, 4.69) is 22.1 Å². The average molecular weight is 247 g/mol. The van der Waals surface area contributed by atoms with Gasteiger partial charge in [-0.25, -0.2) is 0 Å². The van der Waals surface area contributed by atoms with Gasteiger partial charge >= 0.3 is 0 Å². The van der Waals surface area contributed by atoms with Crippen LogP contribution >= 0.6 is 0 Å². The lowest BCUT2D eigenvalue weighted by molar-refractivity contribution is 0.366. The first-order valence-electron chi connectivity index (χ1n) is 5.84. The maximum Gasteiger partial charge on any atom is 0.224 e. The molecule has 0 radical (unpaired) electrons. The van der Waals surface area contributed by atoms with Gasteiger partial charge in [0.1, 0.15) is 0 Å². The SMILES string of the molecule is CCc1n[nH]c(C)c1-c1ccc(OC)nc1OC. The molecule has 5 nitrogen and oxygen atoms in total. The molecule has 0 amide bonds. The summed E-state index contributed by atoms with van der Waals surface area (Å²) in [4.78, 5) is 4.30. The molecule has 96 valence electrons. The number of nitrogens with one attached hydrogen (secondary N) is 1. The molecule has 0 unspecified atom stereocenters. The highest BCUT2D eigenvalue weighted by atomic mass is 16.5. The maximum atomic E-state index is 5.33. The van der Waals surface area contributed by atoms with Gasteiger partial charge in [0.05, 0.1) is 19.9 Å². The molecule has 2 rings (SSSR count). The van der Waals surface area contributed by atoms with E-state index in [4.69, 9.17) is 9.47 Å². The van der Waals surface area contributed by atoms with Crippen molar-refractivity contribution in [2.45, 2.75) is 20.3 Å². The van der Waals surface area contributed by atoms with Crippen LogP contribution in [-0.4, -0.2) is 29.4 Å². The summed E-state index contributed by atoms with van der Waals surface area (Å²) < 4.78 is 10.4. The number of hydrogen-bond acceptors (Lipinski definition) is 4. The zero-order valence-electron chi connectivity index (χ0n) is 11.1. The molecule has 0 aliphatic carbocycles. The van der Waals surface area contributed by atoms with E-state index < -0.39 is 0 Å². The topological polar surface area (TPSA) is 60.0 Å². The lowest BCUT2D eigenvalue weighted by atomic mass is 10.0. The molecular formula is C13H17N3O2. The Morgan fingerprint density at radius 3 is 2.61 bits per heavy atom. The molecule has 0 atom stereocenters. The van der Waals surface area contributed by atoms with Crippen molar-refractivity contribution in [3.63, 3.8) is 0 Å². The van der Waals surface area contributed by atoms with Gasteiger partial charge in [-0.15, -0.1) is 0 Å². The highest BCUT2D eigenvalue weighted by Gasteiger charge is 2.16. The minimum Gasteiger partial charge on any atom is -0.481 e. The summed E-state index contributed by atoms with van der Waals surface area (Å²) in [5, 5.41) is 7.29. The summed E-state index contributed by atoms with van der Waals surface area (Å²) >= 11 is 0. The first kappa shape index (κ1) is 12.4. The highest BCUT2D eigenvalue weighted by Crippen LogP contribution is 2.34. The third kappa shape index (κ3) is 2.03. The predicted octanol–water partition coefficient (Wildman–Crippen LogP) is 2.36. The van der Waals surface area contributed by atoms with Gasteiger partial charge in [-0.3, -0.25) is 5.10 Å². The zero-order valence-corrected chi connectivity index (χ0v) is 11.1. The van der Waals surface area contributed by atoms with Crippen LogP contribution in [0.4, 0.5) is 0 Å². The number of ether oxygens (including phenoxy) is 2. The van der Waals surface area contributed by atoms with Crippen molar-refractivity contribution in [2.75, 3.05) is 14.2 Å². The summed E-state index contributed by atoms with van der Waals surface area (Å²) in [5.74, 6) is 1.09. The van der Waals surface area contributed by atoms with E-state index in [0.29, 0.717) is 11.8 Å². The van der Waals surface area contributed by atoms with E-state index in [1.807, 2.05) is 19.1 Å². The molecule has 0 fully saturated rings. The molecule has 5 heteroatoms. The number of aromatic amines is 1. The van der Waals surface area contributed by atoms with Crippen LogP contribution in [0.25, 0.3) is 11.1 Å². The number of aryl methyl sites for hydroxylation is 2. The monoisotopic (exact) mass is 247 g/mol.